The molecule has 112 valence electrons. The summed E-state index contributed by atoms with van der Waals surface area (Å²) in [5.41, 5.74) is 6.41. The number of nitrogens with two attached hydrogens (primary N) is 1. The highest BCUT2D eigenvalue weighted by Gasteiger charge is 2.06. The summed E-state index contributed by atoms with van der Waals surface area (Å²) < 4.78 is 0. The molecule has 1 aromatic heterocycles. The van der Waals surface area contributed by atoms with E-state index in [1.807, 2.05) is 0 Å². The molecule has 1 amide bonds. The topological polar surface area (TPSA) is 68.0 Å². The molecule has 0 saturated carbocycles. The van der Waals surface area contributed by atoms with Crippen LogP contribution in [0, 0.1) is 0 Å². The van der Waals surface area contributed by atoms with Crippen molar-refractivity contribution in [2.24, 2.45) is 5.73 Å². The maximum atomic E-state index is 11.3. The van der Waals surface area contributed by atoms with Crippen molar-refractivity contribution in [2.75, 3.05) is 13.1 Å². The number of nitrogens with one attached hydrogen (secondary N) is 1. The monoisotopic (exact) mass is 327 g/mol. The van der Waals surface area contributed by atoms with Crippen LogP contribution in [0.3, 0.4) is 0 Å². The molecule has 1 rings (SSSR count). The van der Waals surface area contributed by atoms with Crippen molar-refractivity contribution < 1.29 is 4.79 Å². The van der Waals surface area contributed by atoms with Gasteiger partial charge in [-0.2, -0.15) is 0 Å². The number of nitrogens with zero attached hydrogens (tertiary/aromatic N) is 1. The first kappa shape index (κ1) is 20.9. The third-order valence-corrected chi connectivity index (χ3v) is 3.57. The average molecular weight is 328 g/mol. The summed E-state index contributed by atoms with van der Waals surface area (Å²) in [7, 11) is 0. The van der Waals surface area contributed by atoms with E-state index in [1.54, 1.807) is 11.3 Å². The Hall–Kier alpha value is -0.360. The van der Waals surface area contributed by atoms with Crippen molar-refractivity contribution >= 4 is 42.1 Å². The van der Waals surface area contributed by atoms with Crippen LogP contribution in [0.1, 0.15) is 43.3 Å². The summed E-state index contributed by atoms with van der Waals surface area (Å²) in [6.07, 6.45) is 2.07. The molecule has 1 aromatic rings. The van der Waals surface area contributed by atoms with E-state index in [1.165, 1.54) is 0 Å². The van der Waals surface area contributed by atoms with Gasteiger partial charge in [-0.05, 0) is 13.0 Å². The highest BCUT2D eigenvalue weighted by Crippen LogP contribution is 2.19. The predicted molar refractivity (Wildman–Crippen MR) is 85.7 cm³/mol. The van der Waals surface area contributed by atoms with Crippen molar-refractivity contribution in [3.63, 3.8) is 0 Å². The number of rotatable bonds is 7. The van der Waals surface area contributed by atoms with Crippen LogP contribution in [0.4, 0.5) is 0 Å². The lowest BCUT2D eigenvalue weighted by atomic mass is 10.2. The van der Waals surface area contributed by atoms with Gasteiger partial charge in [0.05, 0.1) is 10.7 Å². The Bertz CT molecular complexity index is 358. The summed E-state index contributed by atoms with van der Waals surface area (Å²) >= 11 is 1.69. The van der Waals surface area contributed by atoms with E-state index < -0.39 is 0 Å². The van der Waals surface area contributed by atoms with Gasteiger partial charge in [0.25, 0.3) is 0 Å². The van der Waals surface area contributed by atoms with Gasteiger partial charge in [0.1, 0.15) is 0 Å². The smallest absolute Gasteiger partial charge is 0.220 e. The van der Waals surface area contributed by atoms with Crippen LogP contribution in [0.15, 0.2) is 5.38 Å². The Balaban J connectivity index is 0. The number of hydrogen-bond acceptors (Lipinski definition) is 4. The summed E-state index contributed by atoms with van der Waals surface area (Å²) in [4.78, 5) is 15.8. The van der Waals surface area contributed by atoms with Crippen LogP contribution < -0.4 is 11.1 Å². The number of carbonyl (C=O) groups is 1. The Kier molecular flexibility index (Phi) is 12.6. The van der Waals surface area contributed by atoms with Gasteiger partial charge in [-0.15, -0.1) is 36.2 Å². The Morgan fingerprint density at radius 1 is 1.47 bits per heavy atom. The molecule has 7 heteroatoms. The van der Waals surface area contributed by atoms with Crippen molar-refractivity contribution in [2.45, 2.75) is 39.0 Å². The zero-order valence-corrected chi connectivity index (χ0v) is 13.8. The van der Waals surface area contributed by atoms with E-state index >= 15 is 0 Å². The third-order valence-electron chi connectivity index (χ3n) is 2.37. The third kappa shape index (κ3) is 8.42. The normalized spacial score (nSPS) is 9.68. The number of aromatic nitrogens is 1. The second-order valence-corrected chi connectivity index (χ2v) is 5.21. The minimum Gasteiger partial charge on any atom is -0.356 e. The molecule has 0 spiro atoms. The minimum absolute atomic E-state index is 0. The lowest BCUT2D eigenvalue weighted by molar-refractivity contribution is -0.121. The zero-order chi connectivity index (χ0) is 12.7. The molecule has 0 bridgehead atoms. The van der Waals surface area contributed by atoms with Crippen LogP contribution >= 0.6 is 36.2 Å². The number of thiazole rings is 1. The Morgan fingerprint density at radius 2 is 2.16 bits per heavy atom. The standard InChI is InChI=1S/C12H21N3OS.2ClH/c1-9(2)12-15-10(8-17-12)5-7-14-11(16)4-3-6-13;;/h8-9H,3-7,13H2,1-2H3,(H,14,16);2*1H. The first-order valence-electron chi connectivity index (χ1n) is 6.04. The van der Waals surface area contributed by atoms with E-state index in [4.69, 9.17) is 5.73 Å². The number of halogens is 2. The van der Waals surface area contributed by atoms with Crippen molar-refractivity contribution in [1.82, 2.24) is 10.3 Å². The second kappa shape index (κ2) is 11.5. The van der Waals surface area contributed by atoms with Gasteiger partial charge in [-0.3, -0.25) is 4.79 Å². The number of carbonyl (C=O) groups excluding carboxylic acids is 1. The fraction of sp³-hybridized carbons (Fsp3) is 0.667. The highest BCUT2D eigenvalue weighted by atomic mass is 35.5. The number of amides is 1. The van der Waals surface area contributed by atoms with Crippen molar-refractivity contribution in [1.29, 1.82) is 0 Å². The molecule has 0 saturated heterocycles. The lowest BCUT2D eigenvalue weighted by Crippen LogP contribution is -2.26. The molecule has 0 radical (unpaired) electrons. The van der Waals surface area contributed by atoms with Crippen LogP contribution in [-0.4, -0.2) is 24.0 Å². The summed E-state index contributed by atoms with van der Waals surface area (Å²) in [6.45, 7) is 5.50. The van der Waals surface area contributed by atoms with Gasteiger partial charge in [0.15, 0.2) is 0 Å². The second-order valence-electron chi connectivity index (χ2n) is 4.32. The van der Waals surface area contributed by atoms with Gasteiger partial charge in [0, 0.05) is 30.7 Å². The molecular weight excluding hydrogens is 305 g/mol. The zero-order valence-electron chi connectivity index (χ0n) is 11.3. The van der Waals surface area contributed by atoms with Gasteiger partial charge >= 0.3 is 0 Å². The molecule has 1 heterocycles. The molecule has 0 atom stereocenters. The van der Waals surface area contributed by atoms with E-state index in [0.29, 0.717) is 25.4 Å². The quantitative estimate of drug-likeness (QED) is 0.808. The molecule has 0 aliphatic carbocycles. The van der Waals surface area contributed by atoms with E-state index in [-0.39, 0.29) is 30.7 Å². The molecule has 19 heavy (non-hydrogen) atoms. The molecule has 0 fully saturated rings. The molecular formula is C12H23Cl2N3OS. The van der Waals surface area contributed by atoms with Crippen LogP contribution in [0.25, 0.3) is 0 Å². The minimum atomic E-state index is 0. The molecule has 0 aromatic carbocycles. The summed E-state index contributed by atoms with van der Waals surface area (Å²) in [5, 5.41) is 6.11. The Labute approximate surface area is 131 Å². The van der Waals surface area contributed by atoms with Gasteiger partial charge in [-0.1, -0.05) is 13.8 Å². The largest absolute Gasteiger partial charge is 0.356 e. The lowest BCUT2D eigenvalue weighted by Gasteiger charge is -2.03. The molecule has 0 unspecified atom stereocenters. The molecule has 3 N–H and O–H groups in total. The van der Waals surface area contributed by atoms with Crippen LogP contribution in [0.2, 0.25) is 0 Å². The van der Waals surface area contributed by atoms with Crippen LogP contribution in [0.5, 0.6) is 0 Å². The number of hydrogen-bond donors (Lipinski definition) is 2. The van der Waals surface area contributed by atoms with Gasteiger partial charge in [-0.25, -0.2) is 4.98 Å². The fourth-order valence-electron chi connectivity index (χ4n) is 1.38. The van der Waals surface area contributed by atoms with Gasteiger partial charge in [0.2, 0.25) is 5.91 Å². The maximum Gasteiger partial charge on any atom is 0.220 e. The predicted octanol–water partition coefficient (Wildman–Crippen LogP) is 2.51. The molecule has 0 aliphatic heterocycles. The molecule has 4 nitrogen and oxygen atoms in total. The summed E-state index contributed by atoms with van der Waals surface area (Å²) in [5.74, 6) is 0.558. The van der Waals surface area contributed by atoms with Gasteiger partial charge < -0.3 is 11.1 Å². The Morgan fingerprint density at radius 3 is 2.68 bits per heavy atom. The molecule has 0 aliphatic rings. The first-order valence-corrected chi connectivity index (χ1v) is 6.92. The SMILES string of the molecule is CC(C)c1nc(CCNC(=O)CCCN)cs1.Cl.Cl. The highest BCUT2D eigenvalue weighted by molar-refractivity contribution is 7.09. The summed E-state index contributed by atoms with van der Waals surface area (Å²) in [6, 6.07) is 0. The average Bonchev–Trinajstić information content (AvgIpc) is 2.75. The van der Waals surface area contributed by atoms with Crippen molar-refractivity contribution in [3.8, 4) is 0 Å². The van der Waals surface area contributed by atoms with E-state index in [9.17, 15) is 4.79 Å². The fourth-order valence-corrected chi connectivity index (χ4v) is 2.25. The van der Waals surface area contributed by atoms with Crippen molar-refractivity contribution in [3.05, 3.63) is 16.1 Å². The maximum absolute atomic E-state index is 11.3. The van der Waals surface area contributed by atoms with E-state index in [2.05, 4.69) is 29.5 Å². The first-order chi connectivity index (χ1) is 8.13. The van der Waals surface area contributed by atoms with E-state index in [0.717, 1.165) is 23.5 Å². The van der Waals surface area contributed by atoms with Crippen LogP contribution in [-0.2, 0) is 11.2 Å².